The topological polar surface area (TPSA) is 52.4 Å². The van der Waals surface area contributed by atoms with Gasteiger partial charge in [0.2, 0.25) is 0 Å². The highest BCUT2D eigenvalue weighted by Crippen LogP contribution is 2.11. The summed E-state index contributed by atoms with van der Waals surface area (Å²) in [5, 5.41) is 10.8. The summed E-state index contributed by atoms with van der Waals surface area (Å²) in [6, 6.07) is 0. The molecule has 4 nitrogen and oxygen atoms in total. The fourth-order valence-electron chi connectivity index (χ4n) is 1.18. The summed E-state index contributed by atoms with van der Waals surface area (Å²) in [4.78, 5) is 10.9. The van der Waals surface area contributed by atoms with Crippen molar-refractivity contribution in [2.24, 2.45) is 5.92 Å². The van der Waals surface area contributed by atoms with Crippen molar-refractivity contribution < 1.29 is 14.3 Å². The minimum atomic E-state index is -0.471. The van der Waals surface area contributed by atoms with Crippen LogP contribution in [0.15, 0.2) is 0 Å². The van der Waals surface area contributed by atoms with Crippen LogP contribution in [0.25, 0.3) is 0 Å². The number of carbonyl (C=O) groups excluding carboxylic acids is 1. The lowest BCUT2D eigenvalue weighted by molar-refractivity contribution is -0.425. The van der Waals surface area contributed by atoms with Crippen molar-refractivity contribution in [2.45, 2.75) is 13.3 Å². The fourth-order valence-corrected chi connectivity index (χ4v) is 1.18. The number of hydroxylamine groups is 1. The maximum absolute atomic E-state index is 10.9. The summed E-state index contributed by atoms with van der Waals surface area (Å²) in [7, 11) is 1.32. The molecule has 0 saturated carbocycles. The van der Waals surface area contributed by atoms with Crippen molar-refractivity contribution in [3.8, 4) is 0 Å². The monoisotopic (exact) mass is 157 g/mol. The highest BCUT2D eigenvalue weighted by atomic mass is 16.5. The molecule has 0 N–H and O–H groups in total. The summed E-state index contributed by atoms with van der Waals surface area (Å²) in [5.74, 6) is -0.444. The van der Waals surface area contributed by atoms with Crippen LogP contribution in [0.5, 0.6) is 0 Å². The van der Waals surface area contributed by atoms with Crippen LogP contribution in [0.3, 0.4) is 0 Å². The second-order valence-electron chi connectivity index (χ2n) is 2.71. The number of cyclic esters (lactones) is 1. The Kier molecular flexibility index (Phi) is 2.12. The van der Waals surface area contributed by atoms with Crippen LogP contribution in [0.4, 0.5) is 0 Å². The van der Waals surface area contributed by atoms with Crippen molar-refractivity contribution in [3.63, 3.8) is 0 Å². The summed E-state index contributed by atoms with van der Waals surface area (Å²) >= 11 is 0. The summed E-state index contributed by atoms with van der Waals surface area (Å²) in [6.07, 6.45) is 0.744. The molecule has 0 aromatic rings. The maximum Gasteiger partial charge on any atom is 0.400 e. The van der Waals surface area contributed by atoms with Crippen molar-refractivity contribution in [3.05, 3.63) is 5.21 Å². The first-order valence-electron chi connectivity index (χ1n) is 3.57. The average molecular weight is 157 g/mol. The van der Waals surface area contributed by atoms with Crippen molar-refractivity contribution in [1.82, 2.24) is 0 Å². The van der Waals surface area contributed by atoms with E-state index in [2.05, 4.69) is 0 Å². The molecular formula is C7H11NO3. The number of esters is 1. The molecule has 0 aromatic carbocycles. The zero-order chi connectivity index (χ0) is 8.43. The van der Waals surface area contributed by atoms with E-state index in [0.717, 1.165) is 6.42 Å². The minimum absolute atomic E-state index is 0.0266. The fraction of sp³-hybridized carbons (Fsp3) is 0.714. The third-order valence-electron chi connectivity index (χ3n) is 1.80. The van der Waals surface area contributed by atoms with E-state index in [1.165, 1.54) is 7.05 Å². The van der Waals surface area contributed by atoms with Gasteiger partial charge in [0.15, 0.2) is 0 Å². The first-order valence-corrected chi connectivity index (χ1v) is 3.57. The van der Waals surface area contributed by atoms with Crippen molar-refractivity contribution in [2.75, 3.05) is 13.7 Å². The lowest BCUT2D eigenvalue weighted by Crippen LogP contribution is -2.36. The van der Waals surface area contributed by atoms with Gasteiger partial charge in [0.25, 0.3) is 5.71 Å². The molecule has 1 atom stereocenters. The second kappa shape index (κ2) is 2.90. The first kappa shape index (κ1) is 8.04. The number of ether oxygens (including phenoxy) is 1. The van der Waals surface area contributed by atoms with E-state index in [-0.39, 0.29) is 11.6 Å². The normalized spacial score (nSPS) is 29.6. The molecular weight excluding hydrogens is 146 g/mol. The van der Waals surface area contributed by atoms with Crippen LogP contribution in [0.1, 0.15) is 13.3 Å². The number of hydrogen-bond acceptors (Lipinski definition) is 3. The van der Waals surface area contributed by atoms with Crippen LogP contribution < -0.4 is 0 Å². The first-order chi connectivity index (χ1) is 5.13. The molecule has 1 unspecified atom stereocenters. The van der Waals surface area contributed by atoms with Gasteiger partial charge < -0.3 is 9.94 Å². The zero-order valence-electron chi connectivity index (χ0n) is 6.66. The number of nitrogens with zero attached hydrogens (tertiary/aromatic N) is 1. The Hall–Kier alpha value is -1.06. The van der Waals surface area contributed by atoms with E-state index in [9.17, 15) is 10.0 Å². The predicted molar refractivity (Wildman–Crippen MR) is 39.3 cm³/mol. The van der Waals surface area contributed by atoms with Crippen LogP contribution in [0, 0.1) is 11.1 Å². The number of rotatable bonds is 0. The third kappa shape index (κ3) is 1.50. The SMILES string of the molecule is CC1CCOC(=O)/C1=[N+](\C)[O-]. The molecule has 0 bridgehead atoms. The molecule has 0 aromatic heterocycles. The Bertz CT molecular complexity index is 206. The van der Waals surface area contributed by atoms with Crippen LogP contribution in [-0.4, -0.2) is 30.1 Å². The molecule has 0 aliphatic carbocycles. The van der Waals surface area contributed by atoms with Crippen LogP contribution in [-0.2, 0) is 9.53 Å². The molecule has 0 radical (unpaired) electrons. The molecule has 1 rings (SSSR count). The van der Waals surface area contributed by atoms with E-state index in [4.69, 9.17) is 4.74 Å². The third-order valence-corrected chi connectivity index (χ3v) is 1.80. The number of hydrogen-bond donors (Lipinski definition) is 0. The maximum atomic E-state index is 10.9. The van der Waals surface area contributed by atoms with E-state index in [1.807, 2.05) is 6.92 Å². The molecule has 62 valence electrons. The van der Waals surface area contributed by atoms with Gasteiger partial charge in [-0.2, -0.15) is 0 Å². The Morgan fingerprint density at radius 1 is 1.73 bits per heavy atom. The molecule has 1 saturated heterocycles. The van der Waals surface area contributed by atoms with E-state index < -0.39 is 5.97 Å². The zero-order valence-corrected chi connectivity index (χ0v) is 6.66. The van der Waals surface area contributed by atoms with E-state index in [0.29, 0.717) is 11.3 Å². The Balaban J connectivity index is 2.88. The lowest BCUT2D eigenvalue weighted by atomic mass is 10.0. The van der Waals surface area contributed by atoms with Crippen LogP contribution >= 0.6 is 0 Å². The van der Waals surface area contributed by atoms with Gasteiger partial charge in [-0.3, -0.25) is 0 Å². The highest BCUT2D eigenvalue weighted by molar-refractivity contribution is 6.35. The largest absolute Gasteiger partial charge is 0.624 e. The second-order valence-corrected chi connectivity index (χ2v) is 2.71. The molecule has 0 amide bonds. The molecule has 1 aliphatic heterocycles. The van der Waals surface area contributed by atoms with Gasteiger partial charge in [-0.15, -0.1) is 0 Å². The van der Waals surface area contributed by atoms with Gasteiger partial charge in [-0.25, -0.2) is 9.53 Å². The van der Waals surface area contributed by atoms with Gasteiger partial charge in [-0.05, 0) is 6.42 Å². The molecule has 4 heteroatoms. The number of carbonyl (C=O) groups is 1. The molecule has 0 spiro atoms. The van der Waals surface area contributed by atoms with Gasteiger partial charge in [0.05, 0.1) is 12.5 Å². The van der Waals surface area contributed by atoms with Gasteiger partial charge in [-0.1, -0.05) is 6.92 Å². The quantitative estimate of drug-likeness (QED) is 0.218. The van der Waals surface area contributed by atoms with Gasteiger partial charge in [0.1, 0.15) is 7.05 Å². The molecule has 1 heterocycles. The lowest BCUT2D eigenvalue weighted by Gasteiger charge is -2.18. The van der Waals surface area contributed by atoms with E-state index >= 15 is 0 Å². The standard InChI is InChI=1S/C7H11NO3/c1-5-3-4-11-7(9)6(5)8(2)10/h5H,3-4H2,1-2H3/b8-6+. The molecule has 1 aliphatic rings. The minimum Gasteiger partial charge on any atom is -0.624 e. The van der Waals surface area contributed by atoms with E-state index in [1.54, 1.807) is 0 Å². The van der Waals surface area contributed by atoms with Crippen molar-refractivity contribution >= 4 is 11.7 Å². The molecule has 11 heavy (non-hydrogen) atoms. The van der Waals surface area contributed by atoms with Gasteiger partial charge >= 0.3 is 5.97 Å². The summed E-state index contributed by atoms with van der Waals surface area (Å²) < 4.78 is 5.29. The van der Waals surface area contributed by atoms with Crippen molar-refractivity contribution in [1.29, 1.82) is 0 Å². The highest BCUT2D eigenvalue weighted by Gasteiger charge is 2.31. The Morgan fingerprint density at radius 2 is 2.36 bits per heavy atom. The molecule has 1 fully saturated rings. The Morgan fingerprint density at radius 3 is 2.73 bits per heavy atom. The average Bonchev–Trinajstić information content (AvgIpc) is 1.85. The predicted octanol–water partition coefficient (Wildman–Crippen LogP) is 0.151. The van der Waals surface area contributed by atoms with Crippen LogP contribution in [0.2, 0.25) is 0 Å². The Labute approximate surface area is 65.1 Å². The summed E-state index contributed by atoms with van der Waals surface area (Å²) in [5.41, 5.74) is 0.233. The van der Waals surface area contributed by atoms with Gasteiger partial charge in [0, 0.05) is 0 Å². The smallest absolute Gasteiger partial charge is 0.400 e. The summed E-state index contributed by atoms with van der Waals surface area (Å²) in [6.45, 7) is 2.28.